The molecule has 4 fully saturated rings. The maximum absolute atomic E-state index is 12.8. The molecule has 28 heavy (non-hydrogen) atoms. The van der Waals surface area contributed by atoms with Gasteiger partial charge in [0, 0.05) is 17.6 Å². The molecule has 0 spiro atoms. The molecule has 5 rings (SSSR count). The zero-order chi connectivity index (χ0) is 20.0. The van der Waals surface area contributed by atoms with Crippen LogP contribution in [0, 0.1) is 16.7 Å². The lowest BCUT2D eigenvalue weighted by atomic mass is 9.43. The highest BCUT2D eigenvalue weighted by Crippen LogP contribution is 2.66. The second-order valence-electron chi connectivity index (χ2n) is 10.3. The fourth-order valence-electron chi connectivity index (χ4n) is 7.15. The number of hydrogen-bond donors (Lipinski definition) is 2. The van der Waals surface area contributed by atoms with Crippen LogP contribution in [-0.2, 0) is 16.0 Å². The Balaban J connectivity index is 1.34. The normalized spacial score (nSPS) is 35.4. The number of hydrogen-bond acceptors (Lipinski definition) is 2. The van der Waals surface area contributed by atoms with Crippen molar-refractivity contribution in [3.8, 4) is 0 Å². The summed E-state index contributed by atoms with van der Waals surface area (Å²) in [5.74, 6) is 0.744. The Bertz CT molecular complexity index is 779. The fraction of sp³-hybridized carbons (Fsp3) is 0.583. The summed E-state index contributed by atoms with van der Waals surface area (Å²) >= 11 is 0. The molecule has 4 aliphatic carbocycles. The highest BCUT2D eigenvalue weighted by atomic mass is 16.2. The molecular formula is C24H32N2O2. The largest absolute Gasteiger partial charge is 0.351 e. The Hall–Kier alpha value is -2.10. The summed E-state index contributed by atoms with van der Waals surface area (Å²) in [4.78, 5) is 24.1. The van der Waals surface area contributed by atoms with Gasteiger partial charge in [0.2, 0.25) is 11.8 Å². The van der Waals surface area contributed by atoms with Crippen molar-refractivity contribution in [3.63, 3.8) is 0 Å². The van der Waals surface area contributed by atoms with Gasteiger partial charge in [0.25, 0.3) is 0 Å². The summed E-state index contributed by atoms with van der Waals surface area (Å²) in [7, 11) is 0. The number of carbonyl (C=O) groups is 2. The first-order valence-corrected chi connectivity index (χ1v) is 10.5. The van der Waals surface area contributed by atoms with Crippen LogP contribution in [0.25, 0.3) is 0 Å². The molecular weight excluding hydrogens is 348 g/mol. The van der Waals surface area contributed by atoms with Crippen molar-refractivity contribution in [3.05, 3.63) is 42.5 Å². The third-order valence-corrected chi connectivity index (χ3v) is 7.08. The Morgan fingerprint density at radius 2 is 1.71 bits per heavy atom. The Kier molecular flexibility index (Phi) is 4.64. The third-order valence-electron chi connectivity index (χ3n) is 7.08. The van der Waals surface area contributed by atoms with Gasteiger partial charge in [-0.3, -0.25) is 9.59 Å². The van der Waals surface area contributed by atoms with Gasteiger partial charge in [-0.2, -0.15) is 0 Å². The van der Waals surface area contributed by atoms with E-state index < -0.39 is 0 Å². The van der Waals surface area contributed by atoms with Gasteiger partial charge < -0.3 is 10.6 Å². The van der Waals surface area contributed by atoms with E-state index in [9.17, 15) is 9.59 Å². The average molecular weight is 381 g/mol. The van der Waals surface area contributed by atoms with Gasteiger partial charge in [-0.25, -0.2) is 0 Å². The minimum Gasteiger partial charge on any atom is -0.351 e. The predicted octanol–water partition coefficient (Wildman–Crippen LogP) is 4.61. The molecule has 2 unspecified atom stereocenters. The standard InChI is InChI=1S/C24H32N2O2/c1-4-20(27)25-19-8-5-17(6-9-19)7-10-21(28)26-24-13-18-11-22(2,15-24)14-23(3,12-18)16-24/h4-6,8-9,18H,1,7,10-16H2,2-3H3,(H,25,27)(H,26,28). The molecule has 2 amide bonds. The van der Waals surface area contributed by atoms with Crippen LogP contribution in [0.4, 0.5) is 5.69 Å². The minimum absolute atomic E-state index is 0.0266. The summed E-state index contributed by atoms with van der Waals surface area (Å²) in [6.45, 7) is 8.32. The van der Waals surface area contributed by atoms with Crippen LogP contribution in [0.2, 0.25) is 0 Å². The maximum Gasteiger partial charge on any atom is 0.247 e. The molecule has 0 radical (unpaired) electrons. The second-order valence-corrected chi connectivity index (χ2v) is 10.3. The fourth-order valence-corrected chi connectivity index (χ4v) is 7.15. The van der Waals surface area contributed by atoms with E-state index in [-0.39, 0.29) is 17.4 Å². The lowest BCUT2D eigenvalue weighted by Crippen LogP contribution is -2.65. The van der Waals surface area contributed by atoms with E-state index in [0.717, 1.165) is 36.4 Å². The molecule has 1 aromatic rings. The van der Waals surface area contributed by atoms with Crippen LogP contribution in [0.5, 0.6) is 0 Å². The molecule has 4 aliphatic rings. The first-order valence-electron chi connectivity index (χ1n) is 10.5. The van der Waals surface area contributed by atoms with Crippen LogP contribution in [-0.4, -0.2) is 17.4 Å². The first-order chi connectivity index (χ1) is 13.2. The van der Waals surface area contributed by atoms with Gasteiger partial charge in [0.15, 0.2) is 0 Å². The molecule has 150 valence electrons. The number of carbonyl (C=O) groups excluding carboxylic acids is 2. The number of anilines is 1. The van der Waals surface area contributed by atoms with Crippen molar-refractivity contribution in [1.29, 1.82) is 0 Å². The van der Waals surface area contributed by atoms with Gasteiger partial charge in [-0.05, 0) is 85.5 Å². The first kappa shape index (κ1) is 19.2. The number of amides is 2. The molecule has 0 aliphatic heterocycles. The summed E-state index contributed by atoms with van der Waals surface area (Å²) in [6, 6.07) is 7.68. The molecule has 2 atom stereocenters. The van der Waals surface area contributed by atoms with Gasteiger partial charge in [-0.15, -0.1) is 0 Å². The van der Waals surface area contributed by atoms with Crippen molar-refractivity contribution < 1.29 is 9.59 Å². The highest BCUT2D eigenvalue weighted by Gasteiger charge is 2.60. The zero-order valence-corrected chi connectivity index (χ0v) is 17.1. The second kappa shape index (κ2) is 6.75. The summed E-state index contributed by atoms with van der Waals surface area (Å²) in [6.07, 6.45) is 9.96. The number of aryl methyl sites for hydroxylation is 1. The lowest BCUT2D eigenvalue weighted by Gasteiger charge is -2.65. The van der Waals surface area contributed by atoms with Crippen molar-refractivity contribution in [2.24, 2.45) is 16.7 Å². The zero-order valence-electron chi connectivity index (χ0n) is 17.1. The summed E-state index contributed by atoms with van der Waals surface area (Å²) in [5, 5.41) is 6.22. The van der Waals surface area contributed by atoms with E-state index in [1.807, 2.05) is 24.3 Å². The molecule has 1 aromatic carbocycles. The smallest absolute Gasteiger partial charge is 0.247 e. The van der Waals surface area contributed by atoms with E-state index in [1.54, 1.807) is 0 Å². The maximum atomic E-state index is 12.8. The number of benzene rings is 1. The van der Waals surface area contributed by atoms with Gasteiger partial charge in [0.1, 0.15) is 0 Å². The highest BCUT2D eigenvalue weighted by molar-refractivity contribution is 5.98. The third kappa shape index (κ3) is 3.87. The average Bonchev–Trinajstić information content (AvgIpc) is 2.57. The van der Waals surface area contributed by atoms with E-state index in [4.69, 9.17) is 0 Å². The monoisotopic (exact) mass is 380 g/mol. The molecule has 4 heteroatoms. The van der Waals surface area contributed by atoms with Crippen molar-refractivity contribution >= 4 is 17.5 Å². The molecule has 4 nitrogen and oxygen atoms in total. The van der Waals surface area contributed by atoms with Crippen LogP contribution < -0.4 is 10.6 Å². The van der Waals surface area contributed by atoms with E-state index >= 15 is 0 Å². The van der Waals surface area contributed by atoms with Crippen molar-refractivity contribution in [2.45, 2.75) is 70.8 Å². The Morgan fingerprint density at radius 1 is 1.07 bits per heavy atom. The molecule has 4 bridgehead atoms. The van der Waals surface area contributed by atoms with Crippen LogP contribution in [0.3, 0.4) is 0 Å². The van der Waals surface area contributed by atoms with Gasteiger partial charge in [-0.1, -0.05) is 32.6 Å². The lowest BCUT2D eigenvalue weighted by molar-refractivity contribution is -0.139. The topological polar surface area (TPSA) is 58.2 Å². The summed E-state index contributed by atoms with van der Waals surface area (Å²) in [5.41, 5.74) is 2.70. The molecule has 2 N–H and O–H groups in total. The van der Waals surface area contributed by atoms with E-state index in [2.05, 4.69) is 31.1 Å². The summed E-state index contributed by atoms with van der Waals surface area (Å²) < 4.78 is 0. The number of rotatable bonds is 6. The molecule has 4 saturated carbocycles. The quantitative estimate of drug-likeness (QED) is 0.708. The van der Waals surface area contributed by atoms with Crippen LogP contribution in [0.15, 0.2) is 36.9 Å². The Morgan fingerprint density at radius 3 is 2.29 bits per heavy atom. The van der Waals surface area contributed by atoms with Crippen LogP contribution >= 0.6 is 0 Å². The SMILES string of the molecule is C=CC(=O)Nc1ccc(CCC(=O)NC23CC4CC(C)(CC(C)(C4)C2)C3)cc1. The van der Waals surface area contributed by atoms with Crippen LogP contribution in [0.1, 0.15) is 64.4 Å². The van der Waals surface area contributed by atoms with Crippen molar-refractivity contribution in [1.82, 2.24) is 5.32 Å². The van der Waals surface area contributed by atoms with Gasteiger partial charge >= 0.3 is 0 Å². The minimum atomic E-state index is -0.218. The molecule has 0 heterocycles. The molecule has 0 aromatic heterocycles. The predicted molar refractivity (Wildman–Crippen MR) is 112 cm³/mol. The number of nitrogens with one attached hydrogen (secondary N) is 2. The van der Waals surface area contributed by atoms with E-state index in [1.165, 1.54) is 31.8 Å². The van der Waals surface area contributed by atoms with Crippen molar-refractivity contribution in [2.75, 3.05) is 5.32 Å². The van der Waals surface area contributed by atoms with Gasteiger partial charge in [0.05, 0.1) is 0 Å². The van der Waals surface area contributed by atoms with E-state index in [0.29, 0.717) is 17.3 Å². The molecule has 0 saturated heterocycles. The Labute approximate surface area is 168 Å².